The molecule has 2 amide bonds. The number of benzene rings is 1. The Morgan fingerprint density at radius 1 is 1.14 bits per heavy atom. The Hall–Kier alpha value is -2.89. The van der Waals surface area contributed by atoms with Gasteiger partial charge in [-0.15, -0.1) is 0 Å². The largest absolute Gasteiger partial charge is 0.497 e. The highest BCUT2D eigenvalue weighted by Gasteiger charge is 2.15. The Labute approximate surface area is 128 Å². The number of aromatic nitrogens is 1. The molecule has 1 aromatic heterocycles. The van der Waals surface area contributed by atoms with Gasteiger partial charge < -0.3 is 15.4 Å². The molecule has 0 unspecified atom stereocenters. The number of aryl methyl sites for hydroxylation is 1. The minimum atomic E-state index is -0.331. The number of nitrogens with one attached hydrogen (secondary N) is 2. The maximum Gasteiger partial charge on any atom is 0.257 e. The Balaban J connectivity index is 2.30. The monoisotopic (exact) mass is 299 g/mol. The molecule has 1 heterocycles. The van der Waals surface area contributed by atoms with Crippen LogP contribution in [-0.4, -0.2) is 31.0 Å². The Kier molecular flexibility index (Phi) is 4.73. The third-order valence-electron chi connectivity index (χ3n) is 3.12. The van der Waals surface area contributed by atoms with Crippen molar-refractivity contribution >= 4 is 17.5 Å². The number of ether oxygens (including phenoxy) is 1. The number of rotatable bonds is 4. The summed E-state index contributed by atoms with van der Waals surface area (Å²) in [6.07, 6.45) is 1.49. The number of anilines is 1. The second-order valence-corrected chi connectivity index (χ2v) is 4.63. The molecular weight excluding hydrogens is 282 g/mol. The fraction of sp³-hybridized carbons (Fsp3) is 0.188. The van der Waals surface area contributed by atoms with Gasteiger partial charge in [-0.2, -0.15) is 0 Å². The molecule has 0 atom stereocenters. The molecule has 0 fully saturated rings. The van der Waals surface area contributed by atoms with Gasteiger partial charge in [-0.3, -0.25) is 14.6 Å². The summed E-state index contributed by atoms with van der Waals surface area (Å²) in [7, 11) is 3.04. The molecule has 0 aliphatic carbocycles. The summed E-state index contributed by atoms with van der Waals surface area (Å²) in [5, 5.41) is 5.25. The molecule has 0 radical (unpaired) electrons. The molecule has 0 saturated carbocycles. The van der Waals surface area contributed by atoms with E-state index in [0.29, 0.717) is 22.6 Å². The molecule has 0 aliphatic heterocycles. The highest BCUT2D eigenvalue weighted by molar-refractivity contribution is 6.09. The molecule has 6 nitrogen and oxygen atoms in total. The predicted octanol–water partition coefficient (Wildman–Crippen LogP) is 2.01. The summed E-state index contributed by atoms with van der Waals surface area (Å²) in [5.41, 5.74) is 1.98. The van der Waals surface area contributed by atoms with Crippen molar-refractivity contribution in [3.63, 3.8) is 0 Å². The van der Waals surface area contributed by atoms with Crippen molar-refractivity contribution < 1.29 is 14.3 Å². The van der Waals surface area contributed by atoms with Crippen LogP contribution in [0.3, 0.4) is 0 Å². The highest BCUT2D eigenvalue weighted by atomic mass is 16.5. The van der Waals surface area contributed by atoms with Crippen molar-refractivity contribution in [3.8, 4) is 5.75 Å². The van der Waals surface area contributed by atoms with Crippen LogP contribution >= 0.6 is 0 Å². The average Bonchev–Trinajstić information content (AvgIpc) is 2.55. The molecule has 22 heavy (non-hydrogen) atoms. The topological polar surface area (TPSA) is 80.3 Å². The molecule has 114 valence electrons. The summed E-state index contributed by atoms with van der Waals surface area (Å²) in [4.78, 5) is 28.2. The summed E-state index contributed by atoms with van der Waals surface area (Å²) < 4.78 is 5.10. The van der Waals surface area contributed by atoms with Crippen molar-refractivity contribution in [2.24, 2.45) is 0 Å². The van der Waals surface area contributed by atoms with Crippen LogP contribution in [0, 0.1) is 6.92 Å². The first kappa shape index (κ1) is 15.5. The maximum atomic E-state index is 12.2. The zero-order valence-electron chi connectivity index (χ0n) is 12.6. The zero-order valence-corrected chi connectivity index (χ0v) is 12.6. The zero-order chi connectivity index (χ0) is 16.1. The number of amides is 2. The van der Waals surface area contributed by atoms with E-state index < -0.39 is 0 Å². The van der Waals surface area contributed by atoms with E-state index >= 15 is 0 Å². The molecule has 2 rings (SSSR count). The van der Waals surface area contributed by atoms with E-state index in [4.69, 9.17) is 4.74 Å². The third kappa shape index (κ3) is 3.41. The lowest BCUT2D eigenvalue weighted by atomic mass is 10.1. The van der Waals surface area contributed by atoms with Gasteiger partial charge in [0, 0.05) is 18.9 Å². The van der Waals surface area contributed by atoms with Gasteiger partial charge in [0.05, 0.1) is 23.9 Å². The molecule has 2 N–H and O–H groups in total. The van der Waals surface area contributed by atoms with Crippen molar-refractivity contribution in [2.45, 2.75) is 6.92 Å². The smallest absolute Gasteiger partial charge is 0.257 e. The van der Waals surface area contributed by atoms with Gasteiger partial charge in [0.2, 0.25) is 0 Å². The molecule has 2 aromatic rings. The van der Waals surface area contributed by atoms with E-state index in [2.05, 4.69) is 15.6 Å². The van der Waals surface area contributed by atoms with Crippen LogP contribution in [-0.2, 0) is 0 Å². The third-order valence-corrected chi connectivity index (χ3v) is 3.12. The van der Waals surface area contributed by atoms with Gasteiger partial charge in [-0.05, 0) is 37.3 Å². The van der Waals surface area contributed by atoms with Crippen LogP contribution in [0.15, 0.2) is 36.5 Å². The van der Waals surface area contributed by atoms with E-state index in [1.807, 2.05) is 6.92 Å². The van der Waals surface area contributed by atoms with Gasteiger partial charge in [0.15, 0.2) is 0 Å². The lowest BCUT2D eigenvalue weighted by Crippen LogP contribution is -2.21. The Morgan fingerprint density at radius 2 is 1.91 bits per heavy atom. The first-order chi connectivity index (χ1) is 10.5. The standard InChI is InChI=1S/C16H17N3O3/c1-10-4-5-11(9-18-10)15(20)19-14-7-6-12(22-3)8-13(14)16(21)17-2/h4-9H,1-3H3,(H,17,21)(H,19,20). The lowest BCUT2D eigenvalue weighted by Gasteiger charge is -2.12. The van der Waals surface area contributed by atoms with Crippen LogP contribution in [0.25, 0.3) is 0 Å². The maximum absolute atomic E-state index is 12.2. The number of hydrogen-bond donors (Lipinski definition) is 2. The molecule has 6 heteroatoms. The number of pyridine rings is 1. The first-order valence-corrected chi connectivity index (χ1v) is 6.69. The Bertz CT molecular complexity index is 696. The van der Waals surface area contributed by atoms with E-state index in [-0.39, 0.29) is 11.8 Å². The van der Waals surface area contributed by atoms with Gasteiger partial charge in [-0.1, -0.05) is 0 Å². The highest BCUT2D eigenvalue weighted by Crippen LogP contribution is 2.22. The van der Waals surface area contributed by atoms with Crippen LogP contribution in [0.5, 0.6) is 5.75 Å². The van der Waals surface area contributed by atoms with Crippen LogP contribution < -0.4 is 15.4 Å². The molecule has 1 aromatic carbocycles. The van der Waals surface area contributed by atoms with Crippen molar-refractivity contribution in [1.29, 1.82) is 0 Å². The van der Waals surface area contributed by atoms with Gasteiger partial charge >= 0.3 is 0 Å². The van der Waals surface area contributed by atoms with Crippen molar-refractivity contribution in [3.05, 3.63) is 53.3 Å². The van der Waals surface area contributed by atoms with Crippen LogP contribution in [0.2, 0.25) is 0 Å². The molecular formula is C16H17N3O3. The molecule has 0 saturated heterocycles. The molecule has 0 spiro atoms. The van der Waals surface area contributed by atoms with Crippen molar-refractivity contribution in [2.75, 3.05) is 19.5 Å². The quantitative estimate of drug-likeness (QED) is 0.905. The summed E-state index contributed by atoms with van der Waals surface area (Å²) in [6.45, 7) is 1.84. The minimum absolute atomic E-state index is 0.309. The number of carbonyl (C=O) groups is 2. The van der Waals surface area contributed by atoms with Crippen LogP contribution in [0.4, 0.5) is 5.69 Å². The summed E-state index contributed by atoms with van der Waals surface area (Å²) in [6, 6.07) is 8.31. The first-order valence-electron chi connectivity index (χ1n) is 6.69. The molecule has 0 aliphatic rings. The lowest BCUT2D eigenvalue weighted by molar-refractivity contribution is 0.0963. The summed E-state index contributed by atoms with van der Waals surface area (Å²) >= 11 is 0. The predicted molar refractivity (Wildman–Crippen MR) is 83.3 cm³/mol. The van der Waals surface area contributed by atoms with Gasteiger partial charge in [-0.25, -0.2) is 0 Å². The minimum Gasteiger partial charge on any atom is -0.497 e. The summed E-state index contributed by atoms with van der Waals surface area (Å²) in [5.74, 6) is -0.104. The van der Waals surface area contributed by atoms with Crippen molar-refractivity contribution in [1.82, 2.24) is 10.3 Å². The van der Waals surface area contributed by atoms with Gasteiger partial charge in [0.25, 0.3) is 11.8 Å². The van der Waals surface area contributed by atoms with E-state index in [0.717, 1.165) is 5.69 Å². The fourth-order valence-electron chi connectivity index (χ4n) is 1.88. The number of carbonyl (C=O) groups excluding carboxylic acids is 2. The number of nitrogens with zero attached hydrogens (tertiary/aromatic N) is 1. The normalized spacial score (nSPS) is 9.95. The second-order valence-electron chi connectivity index (χ2n) is 4.63. The fourth-order valence-corrected chi connectivity index (χ4v) is 1.88. The van der Waals surface area contributed by atoms with E-state index in [1.54, 1.807) is 30.3 Å². The van der Waals surface area contributed by atoms with Crippen LogP contribution in [0.1, 0.15) is 26.4 Å². The van der Waals surface area contributed by atoms with E-state index in [1.165, 1.54) is 20.4 Å². The van der Waals surface area contributed by atoms with E-state index in [9.17, 15) is 9.59 Å². The average molecular weight is 299 g/mol. The SMILES string of the molecule is CNC(=O)c1cc(OC)ccc1NC(=O)c1ccc(C)nc1. The second kappa shape index (κ2) is 6.71. The number of hydrogen-bond acceptors (Lipinski definition) is 4. The number of methoxy groups -OCH3 is 1. The van der Waals surface area contributed by atoms with Gasteiger partial charge in [0.1, 0.15) is 5.75 Å². The molecule has 0 bridgehead atoms. The Morgan fingerprint density at radius 3 is 2.50 bits per heavy atom.